The standard InChI is InChI=1S/C12H9F4N3O/c1-6-4-3-5-17-8(6)10-18-9(13)7(12(14,15)16)11(19-10)20-2/h3-5H,1-2H3. The molecule has 2 aromatic heterocycles. The van der Waals surface area contributed by atoms with Gasteiger partial charge in [0.25, 0.3) is 0 Å². The molecule has 8 heteroatoms. The van der Waals surface area contributed by atoms with E-state index in [4.69, 9.17) is 0 Å². The molecule has 0 saturated carbocycles. The molecule has 4 nitrogen and oxygen atoms in total. The maximum Gasteiger partial charge on any atom is 0.426 e. The van der Waals surface area contributed by atoms with Gasteiger partial charge in [-0.05, 0) is 18.6 Å². The zero-order chi connectivity index (χ0) is 14.9. The number of hydrogen-bond acceptors (Lipinski definition) is 4. The first-order valence-corrected chi connectivity index (χ1v) is 5.45. The normalized spacial score (nSPS) is 11.5. The van der Waals surface area contributed by atoms with E-state index in [1.807, 2.05) is 0 Å². The molecule has 0 aliphatic rings. The number of pyridine rings is 1. The van der Waals surface area contributed by atoms with Gasteiger partial charge in [-0.25, -0.2) is 0 Å². The van der Waals surface area contributed by atoms with Gasteiger partial charge in [0.05, 0.1) is 7.11 Å². The molecule has 0 radical (unpaired) electrons. The number of alkyl halides is 3. The minimum Gasteiger partial charge on any atom is -0.480 e. The Hall–Kier alpha value is -2.25. The van der Waals surface area contributed by atoms with E-state index in [9.17, 15) is 17.6 Å². The summed E-state index contributed by atoms with van der Waals surface area (Å²) in [6, 6.07) is 3.30. The van der Waals surface area contributed by atoms with Crippen LogP contribution in [0.5, 0.6) is 5.88 Å². The summed E-state index contributed by atoms with van der Waals surface area (Å²) in [6.45, 7) is 1.66. The van der Waals surface area contributed by atoms with Crippen molar-refractivity contribution in [1.29, 1.82) is 0 Å². The number of hydrogen-bond donors (Lipinski definition) is 0. The highest BCUT2D eigenvalue weighted by atomic mass is 19.4. The second-order valence-electron chi connectivity index (χ2n) is 3.89. The van der Waals surface area contributed by atoms with Gasteiger partial charge < -0.3 is 4.74 Å². The summed E-state index contributed by atoms with van der Waals surface area (Å²) in [7, 11) is 0.978. The monoisotopic (exact) mass is 287 g/mol. The molecular formula is C12H9F4N3O. The molecule has 0 aromatic carbocycles. The van der Waals surface area contributed by atoms with Crippen LogP contribution in [0, 0.1) is 12.9 Å². The van der Waals surface area contributed by atoms with Crippen LogP contribution in [-0.4, -0.2) is 22.1 Å². The highest BCUT2D eigenvalue weighted by Gasteiger charge is 2.40. The maximum atomic E-state index is 13.6. The van der Waals surface area contributed by atoms with E-state index in [0.29, 0.717) is 5.56 Å². The quantitative estimate of drug-likeness (QED) is 0.629. The molecule has 2 heterocycles. The predicted octanol–water partition coefficient (Wildman–Crippen LogP) is 3.01. The minimum absolute atomic E-state index is 0.193. The molecule has 0 spiro atoms. The van der Waals surface area contributed by atoms with E-state index in [-0.39, 0.29) is 11.5 Å². The predicted molar refractivity (Wildman–Crippen MR) is 61.5 cm³/mol. The highest BCUT2D eigenvalue weighted by Crippen LogP contribution is 2.37. The van der Waals surface area contributed by atoms with Crippen molar-refractivity contribution in [2.75, 3.05) is 7.11 Å². The number of aromatic nitrogens is 3. The molecule has 20 heavy (non-hydrogen) atoms. The molecule has 0 fully saturated rings. The Kier molecular flexibility index (Phi) is 3.56. The van der Waals surface area contributed by atoms with Crippen molar-refractivity contribution >= 4 is 0 Å². The average molecular weight is 287 g/mol. The van der Waals surface area contributed by atoms with Crippen LogP contribution in [0.2, 0.25) is 0 Å². The molecule has 0 amide bonds. The second-order valence-corrected chi connectivity index (χ2v) is 3.89. The van der Waals surface area contributed by atoms with Crippen molar-refractivity contribution < 1.29 is 22.3 Å². The summed E-state index contributed by atoms with van der Waals surface area (Å²) in [5, 5.41) is 0. The zero-order valence-electron chi connectivity index (χ0n) is 10.5. The van der Waals surface area contributed by atoms with Crippen molar-refractivity contribution in [2.24, 2.45) is 0 Å². The third-order valence-electron chi connectivity index (χ3n) is 2.53. The van der Waals surface area contributed by atoms with Crippen molar-refractivity contribution in [3.8, 4) is 17.4 Å². The molecule has 0 N–H and O–H groups in total. The van der Waals surface area contributed by atoms with Crippen molar-refractivity contribution in [3.63, 3.8) is 0 Å². The van der Waals surface area contributed by atoms with Gasteiger partial charge in [-0.2, -0.15) is 27.5 Å². The van der Waals surface area contributed by atoms with Crippen LogP contribution >= 0.6 is 0 Å². The fourth-order valence-electron chi connectivity index (χ4n) is 1.63. The lowest BCUT2D eigenvalue weighted by molar-refractivity contribution is -0.142. The number of aryl methyl sites for hydroxylation is 1. The van der Waals surface area contributed by atoms with Crippen LogP contribution in [0.3, 0.4) is 0 Å². The van der Waals surface area contributed by atoms with Gasteiger partial charge >= 0.3 is 6.18 Å². The Bertz CT molecular complexity index is 643. The lowest BCUT2D eigenvalue weighted by atomic mass is 10.2. The smallest absolute Gasteiger partial charge is 0.426 e. The summed E-state index contributed by atoms with van der Waals surface area (Å²) in [4.78, 5) is 10.8. The molecule has 0 atom stereocenters. The van der Waals surface area contributed by atoms with Gasteiger partial charge in [0.2, 0.25) is 11.8 Å². The number of halogens is 4. The molecule has 106 valence electrons. The highest BCUT2D eigenvalue weighted by molar-refractivity contribution is 5.55. The van der Waals surface area contributed by atoms with Crippen LogP contribution in [-0.2, 0) is 6.18 Å². The third kappa shape index (κ3) is 2.54. The summed E-state index contributed by atoms with van der Waals surface area (Å²) in [5.41, 5.74) is -0.829. The molecule has 0 aliphatic carbocycles. The Morgan fingerprint density at radius 3 is 2.45 bits per heavy atom. The van der Waals surface area contributed by atoms with Crippen LogP contribution in [0.25, 0.3) is 11.5 Å². The van der Waals surface area contributed by atoms with Gasteiger partial charge in [-0.15, -0.1) is 0 Å². The van der Waals surface area contributed by atoms with E-state index < -0.39 is 23.6 Å². The first kappa shape index (κ1) is 14.2. The van der Waals surface area contributed by atoms with Crippen molar-refractivity contribution in [2.45, 2.75) is 13.1 Å². The zero-order valence-corrected chi connectivity index (χ0v) is 10.5. The van der Waals surface area contributed by atoms with Crippen LogP contribution in [0.15, 0.2) is 18.3 Å². The molecule has 0 bridgehead atoms. The summed E-state index contributed by atoms with van der Waals surface area (Å²) >= 11 is 0. The van der Waals surface area contributed by atoms with Gasteiger partial charge in [0.1, 0.15) is 5.69 Å². The fourth-order valence-corrected chi connectivity index (χ4v) is 1.63. The number of methoxy groups -OCH3 is 1. The number of nitrogens with zero attached hydrogens (tertiary/aromatic N) is 3. The molecule has 2 aromatic rings. The molecule has 0 unspecified atom stereocenters. The maximum absolute atomic E-state index is 13.6. The van der Waals surface area contributed by atoms with Crippen LogP contribution in [0.4, 0.5) is 17.6 Å². The van der Waals surface area contributed by atoms with Gasteiger partial charge in [0.15, 0.2) is 11.4 Å². The Balaban J connectivity index is 2.66. The molecule has 0 aliphatic heterocycles. The van der Waals surface area contributed by atoms with Crippen LogP contribution in [0.1, 0.15) is 11.1 Å². The summed E-state index contributed by atoms with van der Waals surface area (Å²) < 4.78 is 56.2. The molecule has 0 saturated heterocycles. The van der Waals surface area contributed by atoms with E-state index in [0.717, 1.165) is 7.11 Å². The van der Waals surface area contributed by atoms with E-state index in [1.165, 1.54) is 6.20 Å². The Labute approximate surface area is 111 Å². The third-order valence-corrected chi connectivity index (χ3v) is 2.53. The van der Waals surface area contributed by atoms with Crippen molar-refractivity contribution in [1.82, 2.24) is 15.0 Å². The lowest BCUT2D eigenvalue weighted by Gasteiger charge is -2.12. The first-order chi connectivity index (χ1) is 9.34. The van der Waals surface area contributed by atoms with Gasteiger partial charge in [-0.3, -0.25) is 4.98 Å². The van der Waals surface area contributed by atoms with Crippen molar-refractivity contribution in [3.05, 3.63) is 35.4 Å². The van der Waals surface area contributed by atoms with Crippen LogP contribution < -0.4 is 4.74 Å². The summed E-state index contributed by atoms with van der Waals surface area (Å²) in [6.07, 6.45) is -3.53. The fraction of sp³-hybridized carbons (Fsp3) is 0.250. The Morgan fingerprint density at radius 2 is 1.90 bits per heavy atom. The molecule has 2 rings (SSSR count). The van der Waals surface area contributed by atoms with E-state index in [1.54, 1.807) is 19.1 Å². The van der Waals surface area contributed by atoms with Gasteiger partial charge in [0, 0.05) is 6.20 Å². The topological polar surface area (TPSA) is 47.9 Å². The van der Waals surface area contributed by atoms with Gasteiger partial charge in [-0.1, -0.05) is 6.07 Å². The SMILES string of the molecule is COc1nc(-c2ncccc2C)nc(F)c1C(F)(F)F. The second kappa shape index (κ2) is 5.03. The molecular weight excluding hydrogens is 278 g/mol. The average Bonchev–Trinajstić information content (AvgIpc) is 2.36. The summed E-state index contributed by atoms with van der Waals surface area (Å²) in [5.74, 6) is -2.82. The number of rotatable bonds is 2. The van der Waals surface area contributed by atoms with E-state index in [2.05, 4.69) is 19.7 Å². The first-order valence-electron chi connectivity index (χ1n) is 5.45. The Morgan fingerprint density at radius 1 is 1.20 bits per heavy atom. The minimum atomic E-state index is -4.94. The van der Waals surface area contributed by atoms with E-state index >= 15 is 0 Å². The largest absolute Gasteiger partial charge is 0.480 e. The lowest BCUT2D eigenvalue weighted by Crippen LogP contribution is -2.14. The number of ether oxygens (including phenoxy) is 1.